The standard InChI is InChI=1S/C29H32FN5O3/c1-18-15-32-27-33-25(34-35(27)16-18)13-21-24(36)14-29(38-26(21)37,20-6-4-5-7-20)11-10-19-8-9-22(23(30)12-19)28(2,3)17-31/h8-9,12,15-16,20,36H,4-7,10-11,13-14H2,1-3H3. The molecule has 198 valence electrons. The van der Waals surface area contributed by atoms with Crippen LogP contribution in [0.25, 0.3) is 5.78 Å². The van der Waals surface area contributed by atoms with E-state index >= 15 is 0 Å². The Bertz CT molecular complexity index is 1460. The quantitative estimate of drug-likeness (QED) is 0.427. The lowest BCUT2D eigenvalue weighted by Crippen LogP contribution is -2.46. The number of aryl methyl sites for hydroxylation is 2. The minimum absolute atomic E-state index is 0.00782. The van der Waals surface area contributed by atoms with Crippen molar-refractivity contribution in [3.63, 3.8) is 0 Å². The molecule has 2 aromatic heterocycles. The Morgan fingerprint density at radius 3 is 2.76 bits per heavy atom. The van der Waals surface area contributed by atoms with Gasteiger partial charge in [0.25, 0.3) is 5.78 Å². The summed E-state index contributed by atoms with van der Waals surface area (Å²) in [5.74, 6) is -0.0386. The number of carbonyl (C=O) groups excluding carboxylic acids is 1. The van der Waals surface area contributed by atoms with Gasteiger partial charge in [-0.3, -0.25) is 0 Å². The number of halogens is 1. The molecule has 0 spiro atoms. The second-order valence-electron chi connectivity index (χ2n) is 11.2. The smallest absolute Gasteiger partial charge is 0.338 e. The molecule has 3 aromatic rings. The number of rotatable bonds is 7. The van der Waals surface area contributed by atoms with E-state index in [4.69, 9.17) is 4.74 Å². The number of esters is 1. The third-order valence-corrected chi connectivity index (χ3v) is 7.98. The second kappa shape index (κ2) is 9.82. The number of nitrogens with zero attached hydrogens (tertiary/aromatic N) is 5. The fourth-order valence-corrected chi connectivity index (χ4v) is 5.78. The van der Waals surface area contributed by atoms with E-state index in [2.05, 4.69) is 21.1 Å². The van der Waals surface area contributed by atoms with E-state index in [1.54, 1.807) is 36.8 Å². The fourth-order valence-electron chi connectivity index (χ4n) is 5.78. The molecule has 1 atom stereocenters. The maximum absolute atomic E-state index is 14.9. The molecule has 0 radical (unpaired) electrons. The summed E-state index contributed by atoms with van der Waals surface area (Å²) in [6.07, 6.45) is 8.63. The van der Waals surface area contributed by atoms with Crippen LogP contribution in [-0.4, -0.2) is 36.3 Å². The average Bonchev–Trinajstić information content (AvgIpc) is 3.55. The number of benzene rings is 1. The molecule has 38 heavy (non-hydrogen) atoms. The predicted molar refractivity (Wildman–Crippen MR) is 138 cm³/mol. The number of aliphatic hydroxyl groups is 1. The number of hydrogen-bond acceptors (Lipinski definition) is 7. The third-order valence-electron chi connectivity index (χ3n) is 7.98. The van der Waals surface area contributed by atoms with Gasteiger partial charge in [0.05, 0.1) is 17.1 Å². The zero-order valence-corrected chi connectivity index (χ0v) is 22.0. The normalized spacial score (nSPS) is 20.7. The maximum atomic E-state index is 14.9. The maximum Gasteiger partial charge on any atom is 0.338 e. The van der Waals surface area contributed by atoms with Crippen LogP contribution in [0.2, 0.25) is 0 Å². The van der Waals surface area contributed by atoms with E-state index in [-0.39, 0.29) is 30.1 Å². The predicted octanol–water partition coefficient (Wildman–Crippen LogP) is 5.24. The van der Waals surface area contributed by atoms with Gasteiger partial charge in [-0.05, 0) is 69.6 Å². The highest BCUT2D eigenvalue weighted by atomic mass is 19.1. The number of aliphatic hydroxyl groups excluding tert-OH is 1. The summed E-state index contributed by atoms with van der Waals surface area (Å²) >= 11 is 0. The fraction of sp³-hybridized carbons (Fsp3) is 0.483. The van der Waals surface area contributed by atoms with E-state index in [1.165, 1.54) is 6.07 Å². The number of cyclic esters (lactones) is 1. The summed E-state index contributed by atoms with van der Waals surface area (Å²) in [6, 6.07) is 7.10. The molecule has 3 heterocycles. The Kier molecular flexibility index (Phi) is 6.68. The van der Waals surface area contributed by atoms with Crippen molar-refractivity contribution in [3.05, 3.63) is 70.3 Å². The largest absolute Gasteiger partial charge is 0.512 e. The van der Waals surface area contributed by atoms with E-state index in [1.807, 2.05) is 13.0 Å². The summed E-state index contributed by atoms with van der Waals surface area (Å²) in [7, 11) is 0. The molecular weight excluding hydrogens is 485 g/mol. The van der Waals surface area contributed by atoms with Gasteiger partial charge in [0.1, 0.15) is 17.2 Å². The molecule has 1 aromatic carbocycles. The van der Waals surface area contributed by atoms with Crippen LogP contribution in [0.4, 0.5) is 4.39 Å². The van der Waals surface area contributed by atoms with Crippen molar-refractivity contribution in [2.24, 2.45) is 5.92 Å². The monoisotopic (exact) mass is 517 g/mol. The van der Waals surface area contributed by atoms with Gasteiger partial charge >= 0.3 is 5.97 Å². The zero-order valence-electron chi connectivity index (χ0n) is 22.0. The van der Waals surface area contributed by atoms with Crippen LogP contribution in [-0.2, 0) is 27.8 Å². The second-order valence-corrected chi connectivity index (χ2v) is 11.2. The minimum atomic E-state index is -0.926. The van der Waals surface area contributed by atoms with Crippen LogP contribution < -0.4 is 0 Å². The summed E-state index contributed by atoms with van der Waals surface area (Å²) in [5, 5.41) is 24.9. The highest BCUT2D eigenvalue weighted by molar-refractivity contribution is 5.90. The number of hydrogen-bond donors (Lipinski definition) is 1. The molecule has 1 fully saturated rings. The molecule has 1 saturated carbocycles. The van der Waals surface area contributed by atoms with Gasteiger partial charge in [-0.2, -0.15) is 10.2 Å². The van der Waals surface area contributed by atoms with Gasteiger partial charge in [0, 0.05) is 30.8 Å². The van der Waals surface area contributed by atoms with Gasteiger partial charge in [0.2, 0.25) is 0 Å². The van der Waals surface area contributed by atoms with Gasteiger partial charge in [-0.25, -0.2) is 18.7 Å². The molecule has 9 heteroatoms. The van der Waals surface area contributed by atoms with E-state index in [0.29, 0.717) is 30.0 Å². The van der Waals surface area contributed by atoms with Crippen molar-refractivity contribution in [3.8, 4) is 6.07 Å². The lowest BCUT2D eigenvalue weighted by molar-refractivity contribution is -0.167. The SMILES string of the molecule is Cc1cnc2nc(CC3=C(O)CC(CCc4ccc(C(C)(C)C#N)c(F)c4)(C4CCCC4)OC3=O)nn2c1. The number of carbonyl (C=O) groups is 1. The van der Waals surface area contributed by atoms with E-state index in [0.717, 1.165) is 36.8 Å². The molecular formula is C29H32FN5O3. The zero-order chi connectivity index (χ0) is 27.1. The summed E-state index contributed by atoms with van der Waals surface area (Å²) < 4.78 is 22.6. The number of nitriles is 1. The van der Waals surface area contributed by atoms with Crippen molar-refractivity contribution in [2.75, 3.05) is 0 Å². The van der Waals surface area contributed by atoms with Gasteiger partial charge in [0.15, 0.2) is 5.82 Å². The average molecular weight is 518 g/mol. The summed E-state index contributed by atoms with van der Waals surface area (Å²) in [5.41, 5.74) is 0.435. The molecule has 1 aliphatic carbocycles. The molecule has 0 saturated heterocycles. The van der Waals surface area contributed by atoms with Crippen LogP contribution in [0, 0.1) is 30.0 Å². The Labute approximate surface area is 221 Å². The molecule has 1 aliphatic heterocycles. The first kappa shape index (κ1) is 25.8. The lowest BCUT2D eigenvalue weighted by Gasteiger charge is -2.41. The highest BCUT2D eigenvalue weighted by Crippen LogP contribution is 2.46. The third kappa shape index (κ3) is 4.87. The number of fused-ring (bicyclic) bond motifs is 1. The molecule has 1 unspecified atom stereocenters. The molecule has 2 aliphatic rings. The lowest BCUT2D eigenvalue weighted by atomic mass is 9.76. The summed E-state index contributed by atoms with van der Waals surface area (Å²) in [6.45, 7) is 5.28. The topological polar surface area (TPSA) is 113 Å². The van der Waals surface area contributed by atoms with Gasteiger partial charge in [-0.15, -0.1) is 5.10 Å². The van der Waals surface area contributed by atoms with Gasteiger partial charge < -0.3 is 9.84 Å². The van der Waals surface area contributed by atoms with E-state index in [9.17, 15) is 19.6 Å². The molecule has 8 nitrogen and oxygen atoms in total. The minimum Gasteiger partial charge on any atom is -0.512 e. The number of ether oxygens (including phenoxy) is 1. The van der Waals surface area contributed by atoms with Crippen LogP contribution in [0.1, 0.15) is 74.9 Å². The van der Waals surface area contributed by atoms with Crippen LogP contribution in [0.5, 0.6) is 0 Å². The van der Waals surface area contributed by atoms with Crippen molar-refractivity contribution >= 4 is 11.7 Å². The molecule has 0 amide bonds. The first-order valence-corrected chi connectivity index (χ1v) is 13.1. The van der Waals surface area contributed by atoms with Crippen molar-refractivity contribution < 1.29 is 19.0 Å². The summed E-state index contributed by atoms with van der Waals surface area (Å²) in [4.78, 5) is 21.9. The van der Waals surface area contributed by atoms with Crippen LogP contribution >= 0.6 is 0 Å². The highest BCUT2D eigenvalue weighted by Gasteiger charge is 2.48. The first-order valence-electron chi connectivity index (χ1n) is 13.1. The van der Waals surface area contributed by atoms with Crippen molar-refractivity contribution in [1.82, 2.24) is 19.6 Å². The Morgan fingerprint density at radius 2 is 2.08 bits per heavy atom. The molecule has 5 rings (SSSR count). The van der Waals surface area contributed by atoms with Gasteiger partial charge in [-0.1, -0.05) is 25.0 Å². The van der Waals surface area contributed by atoms with E-state index < -0.39 is 22.8 Å². The first-order chi connectivity index (χ1) is 18.1. The molecule has 1 N–H and O–H groups in total. The van der Waals surface area contributed by atoms with Crippen LogP contribution in [0.3, 0.4) is 0 Å². The molecule has 0 bridgehead atoms. The van der Waals surface area contributed by atoms with Crippen LogP contribution in [0.15, 0.2) is 41.9 Å². The Morgan fingerprint density at radius 1 is 1.32 bits per heavy atom. The number of aromatic nitrogens is 4. The van der Waals surface area contributed by atoms with Crippen molar-refractivity contribution in [1.29, 1.82) is 5.26 Å². The Balaban J connectivity index is 1.38. The Hall–Kier alpha value is -3.80. The van der Waals surface area contributed by atoms with Crippen molar-refractivity contribution in [2.45, 2.75) is 83.2 Å².